The van der Waals surface area contributed by atoms with Gasteiger partial charge < -0.3 is 14.4 Å². The number of hydrogen-bond donors (Lipinski definition) is 1. The first kappa shape index (κ1) is 22.9. The van der Waals surface area contributed by atoms with Crippen LogP contribution in [0.4, 0.5) is 9.59 Å². The maximum absolute atomic E-state index is 12.3. The first-order valence-corrected chi connectivity index (χ1v) is 10.5. The van der Waals surface area contributed by atoms with Gasteiger partial charge in [-0.3, -0.25) is 5.32 Å². The van der Waals surface area contributed by atoms with E-state index in [4.69, 9.17) is 9.47 Å². The summed E-state index contributed by atoms with van der Waals surface area (Å²) in [6, 6.07) is 4.23. The van der Waals surface area contributed by atoms with E-state index in [9.17, 15) is 9.59 Å². The maximum Gasteiger partial charge on any atom is 0.437 e. The van der Waals surface area contributed by atoms with E-state index < -0.39 is 23.4 Å². The van der Waals surface area contributed by atoms with Crippen LogP contribution in [0.25, 0.3) is 5.57 Å². The number of hydrogen-bond acceptors (Lipinski definition) is 5. The molecule has 8 heteroatoms. The van der Waals surface area contributed by atoms with E-state index in [1.54, 1.807) is 52.9 Å². The Morgan fingerprint density at radius 2 is 1.76 bits per heavy atom. The fraction of sp³-hybridized carbons (Fsp3) is 0.571. The van der Waals surface area contributed by atoms with Gasteiger partial charge in [0.15, 0.2) is 0 Å². The van der Waals surface area contributed by atoms with Crippen LogP contribution in [0.2, 0.25) is 0 Å². The Kier molecular flexibility index (Phi) is 7.11. The van der Waals surface area contributed by atoms with Crippen molar-refractivity contribution in [2.24, 2.45) is 4.99 Å². The molecule has 0 radical (unpaired) electrons. The van der Waals surface area contributed by atoms with Gasteiger partial charge in [-0.15, -0.1) is 16.3 Å². The average molecular weight is 422 g/mol. The van der Waals surface area contributed by atoms with E-state index in [1.807, 2.05) is 4.90 Å². The zero-order valence-electron chi connectivity index (χ0n) is 18.3. The largest absolute Gasteiger partial charge is 0.444 e. The maximum atomic E-state index is 12.3. The number of nitrogens with one attached hydrogen (secondary N) is 1. The molecule has 2 rings (SSSR count). The molecule has 1 N–H and O–H groups in total. The second kappa shape index (κ2) is 8.98. The fourth-order valence-electron chi connectivity index (χ4n) is 2.64. The standard InChI is InChI=1S/C21H31N3O4S/c1-14-8-9-16(29-14)15-10-12-24(13-11-15)17(22-18(25)27-20(2,3)4)23-19(26)28-21(5,6)7/h8-10H,11-13H2,1-7H3,(H,22,23,25,26). The quantitative estimate of drug-likeness (QED) is 0.512. The van der Waals surface area contributed by atoms with Crippen molar-refractivity contribution in [3.63, 3.8) is 0 Å². The lowest BCUT2D eigenvalue weighted by molar-refractivity contribution is 0.0555. The molecule has 0 saturated heterocycles. The Morgan fingerprint density at radius 3 is 2.24 bits per heavy atom. The summed E-state index contributed by atoms with van der Waals surface area (Å²) in [5.74, 6) is 0.131. The molecule has 0 aliphatic carbocycles. The molecule has 7 nitrogen and oxygen atoms in total. The van der Waals surface area contributed by atoms with Crippen LogP contribution in [-0.2, 0) is 9.47 Å². The molecule has 0 bridgehead atoms. The van der Waals surface area contributed by atoms with Crippen LogP contribution in [-0.4, -0.2) is 47.3 Å². The number of guanidine groups is 1. The van der Waals surface area contributed by atoms with Crippen LogP contribution in [0.5, 0.6) is 0 Å². The molecule has 0 fully saturated rings. The summed E-state index contributed by atoms with van der Waals surface area (Å²) in [4.78, 5) is 32.8. The van der Waals surface area contributed by atoms with Gasteiger partial charge in [-0.1, -0.05) is 6.08 Å². The molecular weight excluding hydrogens is 390 g/mol. The lowest BCUT2D eigenvalue weighted by atomic mass is 10.1. The topological polar surface area (TPSA) is 80.2 Å². The third-order valence-electron chi connectivity index (χ3n) is 3.77. The van der Waals surface area contributed by atoms with Gasteiger partial charge in [0.2, 0.25) is 5.96 Å². The number of carbonyl (C=O) groups is 2. The van der Waals surface area contributed by atoms with Crippen LogP contribution < -0.4 is 5.32 Å². The van der Waals surface area contributed by atoms with Crippen molar-refractivity contribution < 1.29 is 19.1 Å². The van der Waals surface area contributed by atoms with E-state index in [1.165, 1.54) is 15.3 Å². The van der Waals surface area contributed by atoms with E-state index in [-0.39, 0.29) is 5.96 Å². The normalized spacial score (nSPS) is 15.6. The minimum absolute atomic E-state index is 0.131. The zero-order valence-corrected chi connectivity index (χ0v) is 19.1. The SMILES string of the molecule is Cc1ccc(C2=CCN(C(=NC(=O)OC(C)(C)C)NC(=O)OC(C)(C)C)CC2)s1. The number of amides is 2. The number of nitrogens with zero attached hydrogens (tertiary/aromatic N) is 2. The third kappa shape index (κ3) is 7.89. The molecule has 2 amide bonds. The number of aliphatic imine (C=N–C) groups is 1. The van der Waals surface area contributed by atoms with Gasteiger partial charge in [0.1, 0.15) is 11.2 Å². The lowest BCUT2D eigenvalue weighted by Crippen LogP contribution is -2.47. The highest BCUT2D eigenvalue weighted by Crippen LogP contribution is 2.28. The van der Waals surface area contributed by atoms with Crippen molar-refractivity contribution in [3.05, 3.63) is 28.0 Å². The van der Waals surface area contributed by atoms with Gasteiger partial charge in [-0.05, 0) is 72.6 Å². The molecule has 0 saturated carbocycles. The van der Waals surface area contributed by atoms with Crippen LogP contribution in [0.3, 0.4) is 0 Å². The highest BCUT2D eigenvalue weighted by Gasteiger charge is 2.24. The predicted molar refractivity (Wildman–Crippen MR) is 116 cm³/mol. The second-order valence-electron chi connectivity index (χ2n) is 8.88. The average Bonchev–Trinajstić information content (AvgIpc) is 2.97. The molecule has 0 spiro atoms. The fourth-order valence-corrected chi connectivity index (χ4v) is 3.57. The molecule has 1 aliphatic rings. The number of carbonyl (C=O) groups excluding carboxylic acids is 2. The Balaban J connectivity index is 2.17. The number of alkyl carbamates (subject to hydrolysis) is 1. The smallest absolute Gasteiger partial charge is 0.437 e. The molecule has 1 aliphatic heterocycles. The number of ether oxygens (including phenoxy) is 2. The predicted octanol–water partition coefficient (Wildman–Crippen LogP) is 4.96. The van der Waals surface area contributed by atoms with Crippen molar-refractivity contribution >= 4 is 35.1 Å². The molecule has 1 aromatic heterocycles. The Bertz CT molecular complexity index is 813. The molecule has 160 valence electrons. The Labute approximate surface area is 176 Å². The van der Waals surface area contributed by atoms with Gasteiger partial charge in [0, 0.05) is 22.8 Å². The first-order chi connectivity index (χ1) is 13.3. The van der Waals surface area contributed by atoms with Crippen molar-refractivity contribution in [2.45, 2.75) is 66.1 Å². The summed E-state index contributed by atoms with van der Waals surface area (Å²) in [6.45, 7) is 13.8. The van der Waals surface area contributed by atoms with Crippen molar-refractivity contribution in [1.29, 1.82) is 0 Å². The van der Waals surface area contributed by atoms with Gasteiger partial charge in [-0.2, -0.15) is 0 Å². The monoisotopic (exact) mass is 421 g/mol. The van der Waals surface area contributed by atoms with Crippen LogP contribution >= 0.6 is 11.3 Å². The Morgan fingerprint density at radius 1 is 1.10 bits per heavy atom. The summed E-state index contributed by atoms with van der Waals surface area (Å²) in [6.07, 6.45) is 1.45. The van der Waals surface area contributed by atoms with E-state index >= 15 is 0 Å². The highest BCUT2D eigenvalue weighted by molar-refractivity contribution is 7.13. The van der Waals surface area contributed by atoms with Gasteiger partial charge in [-0.25, -0.2) is 9.59 Å². The van der Waals surface area contributed by atoms with Crippen molar-refractivity contribution in [2.75, 3.05) is 13.1 Å². The number of rotatable bonds is 1. The van der Waals surface area contributed by atoms with Gasteiger partial charge >= 0.3 is 12.2 Å². The number of thiophene rings is 1. The Hall–Kier alpha value is -2.35. The van der Waals surface area contributed by atoms with E-state index in [2.05, 4.69) is 35.4 Å². The van der Waals surface area contributed by atoms with E-state index in [0.717, 1.165) is 6.42 Å². The molecule has 0 atom stereocenters. The molecule has 2 heterocycles. The summed E-state index contributed by atoms with van der Waals surface area (Å²) >= 11 is 1.76. The minimum Gasteiger partial charge on any atom is -0.444 e. The zero-order chi connectivity index (χ0) is 21.8. The van der Waals surface area contributed by atoms with Crippen molar-refractivity contribution in [1.82, 2.24) is 10.2 Å². The molecule has 1 aromatic rings. The number of aryl methyl sites for hydroxylation is 1. The molecule has 0 unspecified atom stereocenters. The lowest BCUT2D eigenvalue weighted by Gasteiger charge is -2.30. The summed E-state index contributed by atoms with van der Waals surface area (Å²) in [7, 11) is 0. The van der Waals surface area contributed by atoms with Gasteiger partial charge in [0.25, 0.3) is 0 Å². The summed E-state index contributed by atoms with van der Waals surface area (Å²) in [5.41, 5.74) is -0.0790. The highest BCUT2D eigenvalue weighted by atomic mass is 32.1. The van der Waals surface area contributed by atoms with E-state index in [0.29, 0.717) is 13.1 Å². The minimum atomic E-state index is -0.757. The van der Waals surface area contributed by atoms with Crippen LogP contribution in [0, 0.1) is 6.92 Å². The van der Waals surface area contributed by atoms with Crippen LogP contribution in [0.1, 0.15) is 57.7 Å². The molecule has 29 heavy (non-hydrogen) atoms. The summed E-state index contributed by atoms with van der Waals surface area (Å²) in [5, 5.41) is 2.61. The second-order valence-corrected chi connectivity index (χ2v) is 10.2. The van der Waals surface area contributed by atoms with Crippen molar-refractivity contribution in [3.8, 4) is 0 Å². The van der Waals surface area contributed by atoms with Crippen LogP contribution in [0.15, 0.2) is 23.2 Å². The summed E-state index contributed by atoms with van der Waals surface area (Å²) < 4.78 is 10.6. The molecule has 0 aromatic carbocycles. The first-order valence-electron chi connectivity index (χ1n) is 9.65. The van der Waals surface area contributed by atoms with Gasteiger partial charge in [0.05, 0.1) is 0 Å². The molecular formula is C21H31N3O4S. The third-order valence-corrected chi connectivity index (χ3v) is 4.85.